The molecule has 0 unspecified atom stereocenters. The number of fused-ring (bicyclic) bond motifs is 2. The number of sulfonamides is 1. The molecule has 150 valence electrons. The topological polar surface area (TPSA) is 80.2 Å². The fourth-order valence-electron chi connectivity index (χ4n) is 3.37. The molecule has 4 aromatic rings. The summed E-state index contributed by atoms with van der Waals surface area (Å²) in [4.78, 5) is 23.3. The van der Waals surface area contributed by atoms with Crippen LogP contribution in [0.5, 0.6) is 0 Å². The third kappa shape index (κ3) is 3.19. The predicted octanol–water partition coefficient (Wildman–Crippen LogP) is 4.30. The summed E-state index contributed by atoms with van der Waals surface area (Å²) < 4.78 is 26.3. The number of rotatable bonds is 5. The van der Waals surface area contributed by atoms with Gasteiger partial charge in [-0.15, -0.1) is 23.1 Å². The van der Waals surface area contributed by atoms with Crippen LogP contribution in [-0.2, 0) is 10.0 Å². The van der Waals surface area contributed by atoms with E-state index in [9.17, 15) is 13.2 Å². The maximum Gasteiger partial charge on any atom is 0.269 e. The highest BCUT2D eigenvalue weighted by molar-refractivity contribution is 7.99. The monoisotopic (exact) mass is 453 g/mol. The number of nitrogens with zero attached hydrogens (tertiary/aromatic N) is 3. The molecule has 1 aliphatic heterocycles. The number of amides is 1. The van der Waals surface area contributed by atoms with Crippen molar-refractivity contribution in [1.82, 2.24) is 14.3 Å². The van der Waals surface area contributed by atoms with E-state index < -0.39 is 15.9 Å². The van der Waals surface area contributed by atoms with Gasteiger partial charge in [-0.3, -0.25) is 4.79 Å². The third-order valence-corrected chi connectivity index (χ3v) is 8.71. The third-order valence-electron chi connectivity index (χ3n) is 4.80. The first kappa shape index (κ1) is 19.2. The Morgan fingerprint density at radius 3 is 2.57 bits per heavy atom. The Labute approximate surface area is 181 Å². The fraction of sp³-hybridized carbons (Fsp3) is 0.0952. The smallest absolute Gasteiger partial charge is 0.268 e. The van der Waals surface area contributed by atoms with E-state index in [4.69, 9.17) is 0 Å². The molecule has 2 aromatic carbocycles. The van der Waals surface area contributed by atoms with E-state index in [0.29, 0.717) is 5.75 Å². The summed E-state index contributed by atoms with van der Waals surface area (Å²) in [7, 11) is -3.78. The molecule has 1 amide bonds. The van der Waals surface area contributed by atoms with E-state index in [1.54, 1.807) is 29.5 Å². The van der Waals surface area contributed by atoms with Crippen LogP contribution in [0.3, 0.4) is 0 Å². The Bertz CT molecular complexity index is 1370. The van der Waals surface area contributed by atoms with Gasteiger partial charge in [0, 0.05) is 22.6 Å². The van der Waals surface area contributed by atoms with E-state index >= 15 is 0 Å². The number of benzene rings is 2. The van der Waals surface area contributed by atoms with Crippen LogP contribution in [0.1, 0.15) is 10.4 Å². The van der Waals surface area contributed by atoms with Crippen molar-refractivity contribution in [1.29, 1.82) is 0 Å². The summed E-state index contributed by atoms with van der Waals surface area (Å²) in [5.74, 6) is -0.0670. The molecule has 0 saturated heterocycles. The van der Waals surface area contributed by atoms with Crippen molar-refractivity contribution in [2.75, 3.05) is 12.3 Å². The molecular weight excluding hydrogens is 438 g/mol. The molecule has 30 heavy (non-hydrogen) atoms. The van der Waals surface area contributed by atoms with Crippen molar-refractivity contribution in [3.63, 3.8) is 0 Å². The molecule has 0 aliphatic carbocycles. The van der Waals surface area contributed by atoms with Crippen molar-refractivity contribution in [3.8, 4) is 10.4 Å². The van der Waals surface area contributed by atoms with Crippen molar-refractivity contribution in [2.24, 2.45) is 0 Å². The highest BCUT2D eigenvalue weighted by Crippen LogP contribution is 2.36. The maximum absolute atomic E-state index is 12.7. The van der Waals surface area contributed by atoms with E-state index in [2.05, 4.69) is 16.0 Å². The Morgan fingerprint density at radius 1 is 1.00 bits per heavy atom. The molecule has 0 saturated carbocycles. The van der Waals surface area contributed by atoms with Gasteiger partial charge in [0.25, 0.3) is 15.9 Å². The lowest BCUT2D eigenvalue weighted by molar-refractivity contribution is 0.0876. The van der Waals surface area contributed by atoms with Crippen LogP contribution in [0.25, 0.3) is 20.7 Å². The number of thioether (sulfide) groups is 1. The number of thiophene rings is 1. The van der Waals surface area contributed by atoms with Crippen LogP contribution < -0.4 is 0 Å². The molecule has 0 N–H and O–H groups in total. The fourth-order valence-corrected chi connectivity index (χ4v) is 7.03. The van der Waals surface area contributed by atoms with Gasteiger partial charge in [-0.2, -0.15) is 0 Å². The molecular formula is C21H15N3O3S3. The second kappa shape index (κ2) is 7.50. The van der Waals surface area contributed by atoms with Crippen molar-refractivity contribution < 1.29 is 13.2 Å². The van der Waals surface area contributed by atoms with Crippen LogP contribution in [0.15, 0.2) is 76.9 Å². The van der Waals surface area contributed by atoms with Crippen molar-refractivity contribution in [3.05, 3.63) is 72.6 Å². The van der Waals surface area contributed by atoms with Gasteiger partial charge in [0.05, 0.1) is 5.56 Å². The van der Waals surface area contributed by atoms with Gasteiger partial charge in [-0.25, -0.2) is 22.7 Å². The summed E-state index contributed by atoms with van der Waals surface area (Å²) >= 11 is 3.01. The van der Waals surface area contributed by atoms with Gasteiger partial charge in [0.15, 0.2) is 0 Å². The zero-order chi connectivity index (χ0) is 20.7. The zero-order valence-corrected chi connectivity index (χ0v) is 18.0. The summed E-state index contributed by atoms with van der Waals surface area (Å²) in [6, 6.07) is 18.4. The molecule has 9 heteroatoms. The molecule has 0 bridgehead atoms. The van der Waals surface area contributed by atoms with E-state index in [1.807, 2.05) is 30.3 Å². The van der Waals surface area contributed by atoms with Crippen molar-refractivity contribution >= 4 is 49.2 Å². The molecule has 0 atom stereocenters. The molecule has 3 heterocycles. The Balaban J connectivity index is 1.36. The van der Waals surface area contributed by atoms with Gasteiger partial charge < -0.3 is 0 Å². The first-order valence-electron chi connectivity index (χ1n) is 9.14. The minimum Gasteiger partial charge on any atom is -0.268 e. The van der Waals surface area contributed by atoms with Crippen LogP contribution in [-0.4, -0.2) is 40.9 Å². The van der Waals surface area contributed by atoms with Gasteiger partial charge in [-0.1, -0.05) is 42.5 Å². The highest BCUT2D eigenvalue weighted by Gasteiger charge is 2.40. The van der Waals surface area contributed by atoms with Gasteiger partial charge in [0.2, 0.25) is 0 Å². The van der Waals surface area contributed by atoms with Crippen LogP contribution in [0.4, 0.5) is 0 Å². The molecule has 5 rings (SSSR count). The van der Waals surface area contributed by atoms with E-state index in [-0.39, 0.29) is 17.0 Å². The van der Waals surface area contributed by atoms with Gasteiger partial charge in [-0.05, 0) is 23.8 Å². The van der Waals surface area contributed by atoms with E-state index in [0.717, 1.165) is 30.0 Å². The standard InChI is InChI=1S/C21H15N3O3S3/c25-21-15-8-4-5-9-18(15)30(26,27)24(21)10-11-28-19-16-12-17(14-6-2-1-3-7-14)29-20(16)23-13-22-19/h1-9,12-13H,10-11H2. The SMILES string of the molecule is O=C1c2ccccc2S(=O)(=O)N1CCSc1ncnc2sc(-c3ccccc3)cc12. The average Bonchev–Trinajstić information content (AvgIpc) is 3.29. The van der Waals surface area contributed by atoms with Crippen LogP contribution in [0, 0.1) is 0 Å². The Hall–Kier alpha value is -2.75. The molecule has 6 nitrogen and oxygen atoms in total. The molecule has 0 fully saturated rings. The number of hydrogen-bond acceptors (Lipinski definition) is 7. The minimum atomic E-state index is -3.78. The van der Waals surface area contributed by atoms with E-state index in [1.165, 1.54) is 24.2 Å². The molecule has 1 aliphatic rings. The Kier molecular flexibility index (Phi) is 4.80. The number of carbonyl (C=O) groups excluding carboxylic acids is 1. The summed E-state index contributed by atoms with van der Waals surface area (Å²) in [6.45, 7) is 0.0850. The summed E-state index contributed by atoms with van der Waals surface area (Å²) in [6.07, 6.45) is 1.52. The van der Waals surface area contributed by atoms with Crippen LogP contribution >= 0.6 is 23.1 Å². The first-order chi connectivity index (χ1) is 14.6. The predicted molar refractivity (Wildman–Crippen MR) is 118 cm³/mol. The molecule has 2 aromatic heterocycles. The average molecular weight is 454 g/mol. The second-order valence-electron chi connectivity index (χ2n) is 6.60. The zero-order valence-electron chi connectivity index (χ0n) is 15.6. The number of hydrogen-bond donors (Lipinski definition) is 0. The normalized spacial score (nSPS) is 14.9. The molecule has 0 radical (unpaired) electrons. The van der Waals surface area contributed by atoms with Crippen molar-refractivity contribution in [2.45, 2.75) is 9.92 Å². The largest absolute Gasteiger partial charge is 0.269 e. The highest BCUT2D eigenvalue weighted by atomic mass is 32.2. The summed E-state index contributed by atoms with van der Waals surface area (Å²) in [5, 5.41) is 1.71. The lowest BCUT2D eigenvalue weighted by atomic mass is 10.2. The number of carbonyl (C=O) groups is 1. The Morgan fingerprint density at radius 2 is 1.77 bits per heavy atom. The van der Waals surface area contributed by atoms with Crippen LogP contribution in [0.2, 0.25) is 0 Å². The summed E-state index contributed by atoms with van der Waals surface area (Å²) in [5.41, 5.74) is 1.35. The lowest BCUT2D eigenvalue weighted by Crippen LogP contribution is -2.32. The minimum absolute atomic E-state index is 0.0785. The van der Waals surface area contributed by atoms with Gasteiger partial charge in [0.1, 0.15) is 21.1 Å². The maximum atomic E-state index is 12.7. The lowest BCUT2D eigenvalue weighted by Gasteiger charge is -2.14. The number of aromatic nitrogens is 2. The quantitative estimate of drug-likeness (QED) is 0.331. The second-order valence-corrected chi connectivity index (χ2v) is 10.5. The van der Waals surface area contributed by atoms with Gasteiger partial charge >= 0.3 is 0 Å². The molecule has 0 spiro atoms. The first-order valence-corrected chi connectivity index (χ1v) is 12.4.